The average Bonchev–Trinajstić information content (AvgIpc) is 2.24. The number of hydrogen-bond acceptors (Lipinski definition) is 3. The van der Waals surface area contributed by atoms with E-state index in [1.54, 1.807) is 14.0 Å². The Morgan fingerprint density at radius 1 is 1.38 bits per heavy atom. The third-order valence-corrected chi connectivity index (χ3v) is 2.69. The van der Waals surface area contributed by atoms with E-state index in [0.29, 0.717) is 5.69 Å². The van der Waals surface area contributed by atoms with Crippen LogP contribution in [0.25, 0.3) is 0 Å². The van der Waals surface area contributed by atoms with Crippen LogP contribution in [0.3, 0.4) is 0 Å². The van der Waals surface area contributed by atoms with Gasteiger partial charge < -0.3 is 15.7 Å². The first-order valence-electron chi connectivity index (χ1n) is 4.62. The zero-order valence-electron chi connectivity index (χ0n) is 8.84. The maximum Gasteiger partial charge on any atom is 0.241 e. The molecule has 88 valence electrons. The number of aromatic hydroxyl groups is 1. The average molecular weight is 263 g/mol. The number of phenolic OH excluding ortho intramolecular Hbond substituents is 1. The van der Waals surface area contributed by atoms with Crippen molar-refractivity contribution in [2.45, 2.75) is 13.0 Å². The van der Waals surface area contributed by atoms with Crippen molar-refractivity contribution >= 4 is 34.8 Å². The predicted octanol–water partition coefficient (Wildman–Crippen LogP) is 2.25. The lowest BCUT2D eigenvalue weighted by atomic mass is 10.2. The van der Waals surface area contributed by atoms with Crippen LogP contribution in [-0.4, -0.2) is 24.1 Å². The molecule has 1 aromatic carbocycles. The van der Waals surface area contributed by atoms with E-state index in [0.717, 1.165) is 0 Å². The van der Waals surface area contributed by atoms with Crippen LogP contribution in [0.5, 0.6) is 5.75 Å². The van der Waals surface area contributed by atoms with Gasteiger partial charge in [-0.15, -0.1) is 0 Å². The maximum atomic E-state index is 11.5. The number of carbonyl (C=O) groups is 1. The van der Waals surface area contributed by atoms with E-state index >= 15 is 0 Å². The Balaban J connectivity index is 2.87. The summed E-state index contributed by atoms with van der Waals surface area (Å²) >= 11 is 11.4. The Hall–Kier alpha value is -0.970. The van der Waals surface area contributed by atoms with Gasteiger partial charge in [0.25, 0.3) is 0 Å². The van der Waals surface area contributed by atoms with E-state index in [9.17, 15) is 9.90 Å². The molecule has 0 spiro atoms. The molecule has 0 radical (unpaired) electrons. The topological polar surface area (TPSA) is 61.4 Å². The van der Waals surface area contributed by atoms with Crippen molar-refractivity contribution in [1.82, 2.24) is 5.32 Å². The van der Waals surface area contributed by atoms with E-state index in [4.69, 9.17) is 23.2 Å². The van der Waals surface area contributed by atoms with Gasteiger partial charge in [0.15, 0.2) is 5.75 Å². The van der Waals surface area contributed by atoms with Crippen LogP contribution in [0.1, 0.15) is 6.92 Å². The molecule has 16 heavy (non-hydrogen) atoms. The second-order valence-electron chi connectivity index (χ2n) is 3.29. The van der Waals surface area contributed by atoms with Gasteiger partial charge in [0.2, 0.25) is 5.91 Å². The molecular weight excluding hydrogens is 251 g/mol. The zero-order chi connectivity index (χ0) is 12.3. The van der Waals surface area contributed by atoms with E-state index in [-0.39, 0.29) is 27.7 Å². The Labute approximate surface area is 104 Å². The van der Waals surface area contributed by atoms with Crippen molar-refractivity contribution in [3.8, 4) is 5.75 Å². The smallest absolute Gasteiger partial charge is 0.241 e. The molecule has 0 heterocycles. The quantitative estimate of drug-likeness (QED) is 0.733. The molecule has 1 rings (SSSR count). The summed E-state index contributed by atoms with van der Waals surface area (Å²) in [5.41, 5.74) is 0.444. The first-order chi connectivity index (χ1) is 7.45. The minimum absolute atomic E-state index is 0.0971. The molecule has 0 saturated carbocycles. The van der Waals surface area contributed by atoms with E-state index in [1.807, 2.05) is 0 Å². The van der Waals surface area contributed by atoms with Gasteiger partial charge in [0.1, 0.15) is 0 Å². The molecule has 6 heteroatoms. The van der Waals surface area contributed by atoms with Crippen molar-refractivity contribution in [3.63, 3.8) is 0 Å². The van der Waals surface area contributed by atoms with Gasteiger partial charge in [-0.25, -0.2) is 0 Å². The molecule has 1 amide bonds. The summed E-state index contributed by atoms with van der Waals surface area (Å²) in [6, 6.07) is 2.54. The second kappa shape index (κ2) is 5.39. The molecule has 3 N–H and O–H groups in total. The molecule has 1 atom stereocenters. The molecule has 1 aromatic rings. The summed E-state index contributed by atoms with van der Waals surface area (Å²) in [4.78, 5) is 11.5. The van der Waals surface area contributed by atoms with Crippen LogP contribution in [0.4, 0.5) is 5.69 Å². The fraction of sp³-hybridized carbons (Fsp3) is 0.300. The highest BCUT2D eigenvalue weighted by Gasteiger charge is 2.12. The van der Waals surface area contributed by atoms with Gasteiger partial charge >= 0.3 is 0 Å². The maximum absolute atomic E-state index is 11.5. The normalized spacial score (nSPS) is 12.2. The fourth-order valence-electron chi connectivity index (χ4n) is 1.02. The van der Waals surface area contributed by atoms with Crippen molar-refractivity contribution in [1.29, 1.82) is 0 Å². The summed E-state index contributed by atoms with van der Waals surface area (Å²) < 4.78 is 0. The number of hydrogen-bond donors (Lipinski definition) is 3. The summed E-state index contributed by atoms with van der Waals surface area (Å²) in [7, 11) is 1.68. The number of benzene rings is 1. The minimum Gasteiger partial charge on any atom is -0.505 e. The number of likely N-dealkylation sites (N-methyl/N-ethyl adjacent to an activating group) is 1. The lowest BCUT2D eigenvalue weighted by Gasteiger charge is -2.12. The molecule has 1 unspecified atom stereocenters. The fourth-order valence-corrected chi connectivity index (χ4v) is 1.51. The highest BCUT2D eigenvalue weighted by molar-refractivity contribution is 6.37. The molecule has 4 nitrogen and oxygen atoms in total. The van der Waals surface area contributed by atoms with Crippen LogP contribution in [0, 0.1) is 0 Å². The first kappa shape index (κ1) is 13.1. The molecule has 0 aliphatic heterocycles. The van der Waals surface area contributed by atoms with Crippen LogP contribution in [0.15, 0.2) is 12.1 Å². The largest absolute Gasteiger partial charge is 0.505 e. The highest BCUT2D eigenvalue weighted by atomic mass is 35.5. The lowest BCUT2D eigenvalue weighted by Crippen LogP contribution is -2.35. The van der Waals surface area contributed by atoms with Crippen LogP contribution in [0.2, 0.25) is 10.0 Å². The van der Waals surface area contributed by atoms with Gasteiger partial charge in [-0.05, 0) is 26.1 Å². The summed E-state index contributed by atoms with van der Waals surface area (Å²) in [5.74, 6) is -0.400. The van der Waals surface area contributed by atoms with Crippen LogP contribution < -0.4 is 10.6 Å². The highest BCUT2D eigenvalue weighted by Crippen LogP contribution is 2.34. The van der Waals surface area contributed by atoms with E-state index in [1.165, 1.54) is 12.1 Å². The monoisotopic (exact) mass is 262 g/mol. The number of carbonyl (C=O) groups excluding carboxylic acids is 1. The van der Waals surface area contributed by atoms with E-state index < -0.39 is 0 Å². The van der Waals surface area contributed by atoms with Gasteiger partial charge in [0.05, 0.1) is 16.1 Å². The van der Waals surface area contributed by atoms with Gasteiger partial charge in [0, 0.05) is 5.69 Å². The third kappa shape index (κ3) is 3.01. The van der Waals surface area contributed by atoms with Crippen molar-refractivity contribution in [2.24, 2.45) is 0 Å². The third-order valence-electron chi connectivity index (χ3n) is 2.11. The molecule has 0 saturated heterocycles. The van der Waals surface area contributed by atoms with Gasteiger partial charge in [-0.2, -0.15) is 0 Å². The molecule has 0 bridgehead atoms. The molecule has 0 fully saturated rings. The molecule has 0 aliphatic rings. The predicted molar refractivity (Wildman–Crippen MR) is 65.3 cm³/mol. The number of phenols is 1. The Kier molecular flexibility index (Phi) is 4.41. The zero-order valence-corrected chi connectivity index (χ0v) is 10.4. The SMILES string of the molecule is CNC(C)C(=O)Nc1cc(Cl)c(O)c(Cl)c1. The number of halogens is 2. The second-order valence-corrected chi connectivity index (χ2v) is 4.10. The standard InChI is InChI=1S/C10H12Cl2N2O2/c1-5(13-2)10(16)14-6-3-7(11)9(15)8(12)4-6/h3-5,13,15H,1-2H3,(H,14,16). The Bertz CT molecular complexity index is 387. The lowest BCUT2D eigenvalue weighted by molar-refractivity contribution is -0.117. The molecule has 0 aliphatic carbocycles. The van der Waals surface area contributed by atoms with Gasteiger partial charge in [-0.3, -0.25) is 4.79 Å². The Morgan fingerprint density at radius 2 is 1.88 bits per heavy atom. The number of nitrogens with one attached hydrogen (secondary N) is 2. The van der Waals surface area contributed by atoms with Crippen molar-refractivity contribution in [2.75, 3.05) is 12.4 Å². The summed E-state index contributed by atoms with van der Waals surface area (Å²) in [6.07, 6.45) is 0. The van der Waals surface area contributed by atoms with Crippen LogP contribution >= 0.6 is 23.2 Å². The Morgan fingerprint density at radius 3 is 2.31 bits per heavy atom. The van der Waals surface area contributed by atoms with Crippen molar-refractivity contribution in [3.05, 3.63) is 22.2 Å². The van der Waals surface area contributed by atoms with E-state index in [2.05, 4.69) is 10.6 Å². The van der Waals surface area contributed by atoms with Crippen LogP contribution in [-0.2, 0) is 4.79 Å². The summed E-state index contributed by atoms with van der Waals surface area (Å²) in [6.45, 7) is 1.72. The first-order valence-corrected chi connectivity index (χ1v) is 5.37. The molecular formula is C10H12Cl2N2O2. The number of amides is 1. The molecule has 0 aromatic heterocycles. The minimum atomic E-state index is -0.327. The van der Waals surface area contributed by atoms with Gasteiger partial charge in [-0.1, -0.05) is 23.2 Å². The summed E-state index contributed by atoms with van der Waals surface area (Å²) in [5, 5.41) is 14.9. The number of anilines is 1. The van der Waals surface area contributed by atoms with Crippen molar-refractivity contribution < 1.29 is 9.90 Å². The number of rotatable bonds is 3.